The van der Waals surface area contributed by atoms with E-state index in [0.29, 0.717) is 34.9 Å². The van der Waals surface area contributed by atoms with Crippen LogP contribution < -0.4 is 20.7 Å². The highest BCUT2D eigenvalue weighted by Gasteiger charge is 2.29. The van der Waals surface area contributed by atoms with Crippen LogP contribution in [0.4, 0.5) is 10.5 Å². The number of benzene rings is 4. The van der Waals surface area contributed by atoms with E-state index in [-0.39, 0.29) is 31.3 Å². The number of fused-ring (bicyclic) bond motifs is 2. The number of para-hydroxylation sites is 2. The van der Waals surface area contributed by atoms with E-state index in [2.05, 4.69) is 22.9 Å². The second-order valence-corrected chi connectivity index (χ2v) is 12.2. The summed E-state index contributed by atoms with van der Waals surface area (Å²) in [5, 5.41) is 20.3. The van der Waals surface area contributed by atoms with Gasteiger partial charge in [0.15, 0.2) is 0 Å². The molecule has 0 spiro atoms. The molecule has 3 amide bonds. The third-order valence-corrected chi connectivity index (χ3v) is 8.38. The van der Waals surface area contributed by atoms with Gasteiger partial charge in [0.2, 0.25) is 5.91 Å². The minimum atomic E-state index is -1.04. The highest BCUT2D eigenvalue weighted by Crippen LogP contribution is 2.38. The zero-order valence-electron chi connectivity index (χ0n) is 27.9. The number of aliphatic hydroxyl groups is 1. The number of nitrogens with one attached hydrogen (secondary N) is 3. The fourth-order valence-corrected chi connectivity index (χ4v) is 5.59. The van der Waals surface area contributed by atoms with E-state index in [1.807, 2.05) is 91.0 Å². The van der Waals surface area contributed by atoms with Crippen molar-refractivity contribution in [1.82, 2.24) is 10.6 Å². The number of amides is 3. The number of hydrogen-bond donors (Lipinski definition) is 4. The van der Waals surface area contributed by atoms with Gasteiger partial charge in [0.05, 0.1) is 17.7 Å². The van der Waals surface area contributed by atoms with Crippen LogP contribution >= 0.6 is 0 Å². The molecule has 9 heteroatoms. The number of aliphatic hydroxyl groups excluding tert-OH is 1. The van der Waals surface area contributed by atoms with Crippen LogP contribution in [0.3, 0.4) is 0 Å². The molecule has 4 aromatic carbocycles. The highest BCUT2D eigenvalue weighted by atomic mass is 16.5. The second kappa shape index (κ2) is 17.1. The van der Waals surface area contributed by atoms with E-state index >= 15 is 0 Å². The molecule has 5 rings (SSSR count). The SMILES string of the molecule is CCCCNC(=O)[C@H](C)C[C@H](O)[C@H](Cc1ccc(NC(=O)OCc2ccccc2)cc1)NC(=O)C1=Cc2ccccc2Oc2ccccc21. The summed E-state index contributed by atoms with van der Waals surface area (Å²) in [4.78, 5) is 39.2. The monoisotopic (exact) mass is 661 g/mol. The number of carbonyl (C=O) groups is 3. The molecule has 4 aromatic rings. The highest BCUT2D eigenvalue weighted by molar-refractivity contribution is 6.25. The third-order valence-electron chi connectivity index (χ3n) is 8.38. The number of ether oxygens (including phenoxy) is 2. The van der Waals surface area contributed by atoms with E-state index in [9.17, 15) is 19.5 Å². The molecule has 1 heterocycles. The van der Waals surface area contributed by atoms with E-state index in [1.54, 1.807) is 25.1 Å². The van der Waals surface area contributed by atoms with E-state index in [4.69, 9.17) is 9.47 Å². The maximum Gasteiger partial charge on any atom is 0.411 e. The fraction of sp³-hybridized carbons (Fsp3) is 0.275. The molecule has 1 aliphatic heterocycles. The lowest BCUT2D eigenvalue weighted by Crippen LogP contribution is -2.46. The summed E-state index contributed by atoms with van der Waals surface area (Å²) < 4.78 is 11.5. The van der Waals surface area contributed by atoms with Gasteiger partial charge in [-0.3, -0.25) is 14.9 Å². The Hall–Kier alpha value is -5.41. The van der Waals surface area contributed by atoms with Crippen molar-refractivity contribution in [3.63, 3.8) is 0 Å². The predicted molar refractivity (Wildman–Crippen MR) is 191 cm³/mol. The van der Waals surface area contributed by atoms with Gasteiger partial charge in [-0.15, -0.1) is 0 Å². The molecule has 0 fully saturated rings. The van der Waals surface area contributed by atoms with Crippen LogP contribution in [0.15, 0.2) is 103 Å². The molecule has 0 saturated carbocycles. The molecule has 254 valence electrons. The van der Waals surface area contributed by atoms with Crippen LogP contribution in [0, 0.1) is 5.92 Å². The van der Waals surface area contributed by atoms with Crippen LogP contribution in [-0.2, 0) is 27.4 Å². The van der Waals surface area contributed by atoms with Crippen molar-refractivity contribution in [2.45, 2.75) is 58.3 Å². The minimum absolute atomic E-state index is 0.138. The molecular weight excluding hydrogens is 618 g/mol. The molecule has 9 nitrogen and oxygen atoms in total. The van der Waals surface area contributed by atoms with Gasteiger partial charge in [-0.25, -0.2) is 4.79 Å². The molecular formula is C40H43N3O6. The van der Waals surface area contributed by atoms with Crippen LogP contribution in [0.5, 0.6) is 11.5 Å². The van der Waals surface area contributed by atoms with Crippen molar-refractivity contribution in [2.24, 2.45) is 5.92 Å². The molecule has 1 aliphatic rings. The first-order valence-electron chi connectivity index (χ1n) is 16.7. The first kappa shape index (κ1) is 34.9. The first-order chi connectivity index (χ1) is 23.8. The minimum Gasteiger partial charge on any atom is -0.456 e. The van der Waals surface area contributed by atoms with Crippen LogP contribution in [0.1, 0.15) is 55.4 Å². The van der Waals surface area contributed by atoms with Gasteiger partial charge >= 0.3 is 6.09 Å². The zero-order valence-corrected chi connectivity index (χ0v) is 27.9. The summed E-state index contributed by atoms with van der Waals surface area (Å²) in [6, 6.07) is 30.6. The lowest BCUT2D eigenvalue weighted by molar-refractivity contribution is -0.125. The number of unbranched alkanes of at least 4 members (excludes halogenated alkanes) is 1. The summed E-state index contributed by atoms with van der Waals surface area (Å²) >= 11 is 0. The largest absolute Gasteiger partial charge is 0.456 e. The zero-order chi connectivity index (χ0) is 34.6. The van der Waals surface area contributed by atoms with Crippen molar-refractivity contribution in [3.8, 4) is 11.5 Å². The van der Waals surface area contributed by atoms with E-state index in [0.717, 1.165) is 29.5 Å². The van der Waals surface area contributed by atoms with Gasteiger partial charge < -0.3 is 25.2 Å². The summed E-state index contributed by atoms with van der Waals surface area (Å²) in [5.41, 5.74) is 4.02. The van der Waals surface area contributed by atoms with Crippen LogP contribution in [0.25, 0.3) is 11.6 Å². The maximum atomic E-state index is 14.1. The third kappa shape index (κ3) is 9.81. The first-order valence-corrected chi connectivity index (χ1v) is 16.7. The normalized spacial score (nSPS) is 13.6. The average molecular weight is 662 g/mol. The van der Waals surface area contributed by atoms with Gasteiger partial charge in [0, 0.05) is 29.3 Å². The van der Waals surface area contributed by atoms with Crippen molar-refractivity contribution in [2.75, 3.05) is 11.9 Å². The van der Waals surface area contributed by atoms with Crippen molar-refractivity contribution in [1.29, 1.82) is 0 Å². The molecule has 0 unspecified atom stereocenters. The van der Waals surface area contributed by atoms with Crippen LogP contribution in [0.2, 0.25) is 0 Å². The topological polar surface area (TPSA) is 126 Å². The number of rotatable bonds is 14. The van der Waals surface area contributed by atoms with Crippen molar-refractivity contribution >= 4 is 35.2 Å². The Balaban J connectivity index is 1.32. The Labute approximate surface area is 287 Å². The quantitative estimate of drug-likeness (QED) is 0.107. The standard InChI is InChI=1S/C40H43N3O6/c1-3-4-22-41-38(45)27(2)23-35(44)34(24-28-18-20-31(21-19-28)42-40(47)48-26-29-12-6-5-7-13-29)43-39(46)33-25-30-14-8-10-16-36(30)49-37-17-11-9-15-32(33)37/h5-21,25,27,34-35,44H,3-4,22-24,26H2,1-2H3,(H,41,45)(H,42,47)(H,43,46)/t27-,34+,35+/m1/s1. The van der Waals surface area contributed by atoms with E-state index in [1.165, 1.54) is 0 Å². The maximum absolute atomic E-state index is 14.1. The predicted octanol–water partition coefficient (Wildman–Crippen LogP) is 7.11. The van der Waals surface area contributed by atoms with Crippen LogP contribution in [-0.4, -0.2) is 41.7 Å². The second-order valence-electron chi connectivity index (χ2n) is 12.2. The van der Waals surface area contributed by atoms with Gasteiger partial charge in [-0.2, -0.15) is 0 Å². The van der Waals surface area contributed by atoms with Crippen molar-refractivity contribution in [3.05, 3.63) is 125 Å². The number of hydrogen-bond acceptors (Lipinski definition) is 6. The molecule has 3 atom stereocenters. The number of carbonyl (C=O) groups excluding carboxylic acids is 3. The Bertz CT molecular complexity index is 1760. The summed E-state index contributed by atoms with van der Waals surface area (Å²) in [5.74, 6) is 0.194. The summed E-state index contributed by atoms with van der Waals surface area (Å²) in [7, 11) is 0. The summed E-state index contributed by atoms with van der Waals surface area (Å²) in [6.45, 7) is 4.56. The summed E-state index contributed by atoms with van der Waals surface area (Å²) in [6.07, 6.45) is 2.44. The molecule has 0 radical (unpaired) electrons. The van der Waals surface area contributed by atoms with Crippen molar-refractivity contribution < 1.29 is 29.0 Å². The Morgan fingerprint density at radius 3 is 2.29 bits per heavy atom. The average Bonchev–Trinajstić information content (AvgIpc) is 3.28. The molecule has 0 saturated heterocycles. The smallest absolute Gasteiger partial charge is 0.411 e. The molecule has 0 aromatic heterocycles. The molecule has 49 heavy (non-hydrogen) atoms. The van der Waals surface area contributed by atoms with Gasteiger partial charge in [-0.1, -0.05) is 99.1 Å². The molecule has 0 aliphatic carbocycles. The lowest BCUT2D eigenvalue weighted by atomic mass is 9.92. The lowest BCUT2D eigenvalue weighted by Gasteiger charge is -2.27. The molecule has 4 N–H and O–H groups in total. The molecule has 0 bridgehead atoms. The number of anilines is 1. The van der Waals surface area contributed by atoms with Gasteiger partial charge in [-0.05, 0) is 60.7 Å². The van der Waals surface area contributed by atoms with Gasteiger partial charge in [0.25, 0.3) is 5.91 Å². The Morgan fingerprint density at radius 2 is 1.53 bits per heavy atom. The fourth-order valence-electron chi connectivity index (χ4n) is 5.59. The Morgan fingerprint density at radius 1 is 0.837 bits per heavy atom. The van der Waals surface area contributed by atoms with E-state index < -0.39 is 24.2 Å². The van der Waals surface area contributed by atoms with Gasteiger partial charge in [0.1, 0.15) is 18.1 Å². The Kier molecular flexibility index (Phi) is 12.2.